The number of anilines is 2. The van der Waals surface area contributed by atoms with Crippen LogP contribution in [0.15, 0.2) is 24.3 Å². The first-order valence-corrected chi connectivity index (χ1v) is 7.85. The van der Waals surface area contributed by atoms with Crippen molar-refractivity contribution in [2.24, 2.45) is 5.92 Å². The molecule has 0 saturated carbocycles. The first kappa shape index (κ1) is 17.0. The van der Waals surface area contributed by atoms with E-state index in [9.17, 15) is 14.4 Å². The maximum atomic E-state index is 12.3. The second kappa shape index (κ2) is 7.26. The zero-order valence-electron chi connectivity index (χ0n) is 13.8. The quantitative estimate of drug-likeness (QED) is 0.789. The van der Waals surface area contributed by atoms with Gasteiger partial charge < -0.3 is 10.6 Å². The second-order valence-corrected chi connectivity index (χ2v) is 6.23. The summed E-state index contributed by atoms with van der Waals surface area (Å²) in [7, 11) is 0. The summed E-state index contributed by atoms with van der Waals surface area (Å²) in [6, 6.07) is 6.55. The number of nitrogens with one attached hydrogen (secondary N) is 2. The van der Waals surface area contributed by atoms with Crippen LogP contribution < -0.4 is 10.6 Å². The van der Waals surface area contributed by atoms with Gasteiger partial charge in [0.05, 0.1) is 6.42 Å². The van der Waals surface area contributed by atoms with E-state index in [4.69, 9.17) is 0 Å². The van der Waals surface area contributed by atoms with Gasteiger partial charge in [0.15, 0.2) is 0 Å². The van der Waals surface area contributed by atoms with Gasteiger partial charge in [0.25, 0.3) is 5.91 Å². The molecule has 6 heteroatoms. The lowest BCUT2D eigenvalue weighted by atomic mass is 10.1. The summed E-state index contributed by atoms with van der Waals surface area (Å²) in [6.07, 6.45) is 1.000. The summed E-state index contributed by atoms with van der Waals surface area (Å²) in [4.78, 5) is 36.7. The number of carbonyl (C=O) groups excluding carboxylic acids is 3. The van der Waals surface area contributed by atoms with Crippen molar-refractivity contribution in [1.29, 1.82) is 0 Å². The lowest BCUT2D eigenvalue weighted by Gasteiger charge is -2.17. The Balaban J connectivity index is 1.96. The van der Waals surface area contributed by atoms with Crippen molar-refractivity contribution in [3.8, 4) is 0 Å². The van der Waals surface area contributed by atoms with Crippen LogP contribution in [0, 0.1) is 5.92 Å². The van der Waals surface area contributed by atoms with Gasteiger partial charge in [-0.05, 0) is 36.6 Å². The molecule has 1 saturated heterocycles. The minimum absolute atomic E-state index is 0.122. The first-order valence-electron chi connectivity index (χ1n) is 7.85. The van der Waals surface area contributed by atoms with Crippen LogP contribution in [0.25, 0.3) is 0 Å². The van der Waals surface area contributed by atoms with Crippen LogP contribution in [0.4, 0.5) is 11.4 Å². The van der Waals surface area contributed by atoms with Crippen LogP contribution in [0.1, 0.15) is 33.6 Å². The molecule has 1 aromatic carbocycles. The maximum Gasteiger partial charge on any atom is 0.252 e. The van der Waals surface area contributed by atoms with E-state index in [1.807, 2.05) is 0 Å². The molecule has 1 aromatic rings. The molecular weight excluding hydrogens is 294 g/mol. The molecule has 2 N–H and O–H groups in total. The van der Waals surface area contributed by atoms with Gasteiger partial charge in [0.1, 0.15) is 6.04 Å². The zero-order chi connectivity index (χ0) is 17.0. The molecule has 2 rings (SSSR count). The molecule has 0 aromatic heterocycles. The van der Waals surface area contributed by atoms with Crippen LogP contribution >= 0.6 is 0 Å². The van der Waals surface area contributed by atoms with Gasteiger partial charge >= 0.3 is 0 Å². The summed E-state index contributed by atoms with van der Waals surface area (Å²) < 4.78 is 0. The molecule has 6 nitrogen and oxygen atoms in total. The predicted molar refractivity (Wildman–Crippen MR) is 88.9 cm³/mol. The smallest absolute Gasteiger partial charge is 0.252 e. The third-order valence-electron chi connectivity index (χ3n) is 3.72. The number of amides is 3. The van der Waals surface area contributed by atoms with Crippen LogP contribution in [0.2, 0.25) is 0 Å². The van der Waals surface area contributed by atoms with E-state index >= 15 is 0 Å². The van der Waals surface area contributed by atoms with Gasteiger partial charge in [-0.2, -0.15) is 0 Å². The lowest BCUT2D eigenvalue weighted by Crippen LogP contribution is -2.35. The summed E-state index contributed by atoms with van der Waals surface area (Å²) in [6.45, 7) is 6.06. The predicted octanol–water partition coefficient (Wildman–Crippen LogP) is 2.23. The van der Waals surface area contributed by atoms with Crippen LogP contribution in [0.3, 0.4) is 0 Å². The van der Waals surface area contributed by atoms with E-state index in [2.05, 4.69) is 24.5 Å². The highest BCUT2D eigenvalue weighted by atomic mass is 16.2. The monoisotopic (exact) mass is 317 g/mol. The largest absolute Gasteiger partial charge is 0.373 e. The Bertz CT molecular complexity index is 596. The Morgan fingerprint density at radius 2 is 1.83 bits per heavy atom. The van der Waals surface area contributed by atoms with Gasteiger partial charge in [-0.1, -0.05) is 13.8 Å². The molecule has 1 atom stereocenters. The molecule has 124 valence electrons. The van der Waals surface area contributed by atoms with Crippen molar-refractivity contribution >= 4 is 29.1 Å². The first-order chi connectivity index (χ1) is 10.9. The van der Waals surface area contributed by atoms with Gasteiger partial charge in [-0.25, -0.2) is 0 Å². The number of hydrogen-bond acceptors (Lipinski definition) is 4. The van der Waals surface area contributed by atoms with Crippen molar-refractivity contribution < 1.29 is 14.4 Å². The fraction of sp³-hybridized carbons (Fsp3) is 0.471. The molecule has 0 unspecified atom stereocenters. The highest BCUT2D eigenvalue weighted by Crippen LogP contribution is 2.21. The summed E-state index contributed by atoms with van der Waals surface area (Å²) in [5, 5.41) is 5.77. The van der Waals surface area contributed by atoms with E-state index in [1.54, 1.807) is 24.3 Å². The molecule has 23 heavy (non-hydrogen) atoms. The third kappa shape index (κ3) is 4.55. The van der Waals surface area contributed by atoms with Crippen molar-refractivity contribution in [3.05, 3.63) is 24.3 Å². The van der Waals surface area contributed by atoms with E-state index in [1.165, 1.54) is 11.8 Å². The Morgan fingerprint density at radius 3 is 2.39 bits per heavy atom. The Morgan fingerprint density at radius 1 is 1.22 bits per heavy atom. The number of nitrogens with zero attached hydrogens (tertiary/aromatic N) is 1. The second-order valence-electron chi connectivity index (χ2n) is 6.23. The molecule has 1 aliphatic rings. The van der Waals surface area contributed by atoms with Crippen LogP contribution in [-0.2, 0) is 14.4 Å². The van der Waals surface area contributed by atoms with E-state index in [-0.39, 0.29) is 24.1 Å². The van der Waals surface area contributed by atoms with E-state index in [0.29, 0.717) is 18.2 Å². The van der Waals surface area contributed by atoms with Gasteiger partial charge in [0.2, 0.25) is 11.8 Å². The molecule has 1 fully saturated rings. The number of benzene rings is 1. The number of carbonyl (C=O) groups is 3. The topological polar surface area (TPSA) is 78.5 Å². The molecule has 3 amide bonds. The van der Waals surface area contributed by atoms with E-state index in [0.717, 1.165) is 12.1 Å². The molecular formula is C17H23N3O3. The highest BCUT2D eigenvalue weighted by Gasteiger charge is 2.38. The molecule has 0 radical (unpaired) electrons. The minimum Gasteiger partial charge on any atom is -0.373 e. The zero-order valence-corrected chi connectivity index (χ0v) is 13.8. The average Bonchev–Trinajstić information content (AvgIpc) is 2.73. The van der Waals surface area contributed by atoms with E-state index < -0.39 is 6.04 Å². The number of hydrogen-bond donors (Lipinski definition) is 2. The fourth-order valence-electron chi connectivity index (χ4n) is 2.47. The van der Waals surface area contributed by atoms with Crippen molar-refractivity contribution in [2.45, 2.75) is 39.7 Å². The summed E-state index contributed by atoms with van der Waals surface area (Å²) >= 11 is 0. The minimum atomic E-state index is -0.513. The Hall–Kier alpha value is -2.37. The van der Waals surface area contributed by atoms with Crippen molar-refractivity contribution in [1.82, 2.24) is 4.90 Å². The Kier molecular flexibility index (Phi) is 5.36. The number of imide groups is 1. The molecule has 0 spiro atoms. The lowest BCUT2D eigenvalue weighted by molar-refractivity contribution is -0.138. The van der Waals surface area contributed by atoms with Crippen LogP contribution in [-0.4, -0.2) is 35.2 Å². The van der Waals surface area contributed by atoms with Crippen molar-refractivity contribution in [3.63, 3.8) is 0 Å². The SMILES string of the molecule is CC(=O)Nc1ccc(N[C@H]2CC(=O)N(CCC(C)C)C2=O)cc1. The number of rotatable bonds is 6. The fourth-order valence-corrected chi connectivity index (χ4v) is 2.47. The maximum absolute atomic E-state index is 12.3. The molecule has 0 aliphatic carbocycles. The Labute approximate surface area is 136 Å². The van der Waals surface area contributed by atoms with Gasteiger partial charge in [0, 0.05) is 24.8 Å². The summed E-state index contributed by atoms with van der Waals surface area (Å²) in [5.74, 6) is 0.0246. The molecule has 1 heterocycles. The number of likely N-dealkylation sites (tertiary alicyclic amines) is 1. The highest BCUT2D eigenvalue weighted by molar-refractivity contribution is 6.06. The third-order valence-corrected chi connectivity index (χ3v) is 3.72. The molecule has 1 aliphatic heterocycles. The summed E-state index contributed by atoms with van der Waals surface area (Å²) in [5.41, 5.74) is 1.44. The normalized spacial score (nSPS) is 17.7. The average molecular weight is 317 g/mol. The molecule has 0 bridgehead atoms. The van der Waals surface area contributed by atoms with Crippen molar-refractivity contribution in [2.75, 3.05) is 17.2 Å². The van der Waals surface area contributed by atoms with Gasteiger partial charge in [-0.15, -0.1) is 0 Å². The van der Waals surface area contributed by atoms with Crippen LogP contribution in [0.5, 0.6) is 0 Å². The van der Waals surface area contributed by atoms with Gasteiger partial charge in [-0.3, -0.25) is 19.3 Å². The standard InChI is InChI=1S/C17H23N3O3/c1-11(2)8-9-20-16(22)10-15(17(20)23)19-14-6-4-13(5-7-14)18-12(3)21/h4-7,11,15,19H,8-10H2,1-3H3,(H,18,21)/t15-/m0/s1.